The van der Waals surface area contributed by atoms with E-state index in [1.165, 1.54) is 11.1 Å². The maximum atomic E-state index is 12.6. The van der Waals surface area contributed by atoms with Gasteiger partial charge in [-0.15, -0.1) is 0 Å². The Balaban J connectivity index is 1.86. The van der Waals surface area contributed by atoms with E-state index in [1.807, 2.05) is 6.92 Å². The van der Waals surface area contributed by atoms with Gasteiger partial charge in [0.1, 0.15) is 6.17 Å². The third-order valence-corrected chi connectivity index (χ3v) is 4.75. The fraction of sp³-hybridized carbons (Fsp3) is 0.588. The molecule has 2 aliphatic rings. The lowest BCUT2D eigenvalue weighted by Gasteiger charge is -2.38. The number of nitrogens with one attached hydrogen (secondary N) is 1. The third kappa shape index (κ3) is 2.83. The molecule has 2 aliphatic heterocycles. The van der Waals surface area contributed by atoms with E-state index >= 15 is 0 Å². The number of rotatable bonds is 2. The minimum absolute atomic E-state index is 0.0285. The molecular formula is C17H25N3O. The van der Waals surface area contributed by atoms with Crippen molar-refractivity contribution < 1.29 is 4.79 Å². The van der Waals surface area contributed by atoms with E-state index in [2.05, 4.69) is 53.4 Å². The van der Waals surface area contributed by atoms with Gasteiger partial charge in [-0.25, -0.2) is 0 Å². The number of carbonyl (C=O) groups excluding carboxylic acids is 1. The molecule has 0 aliphatic carbocycles. The van der Waals surface area contributed by atoms with Crippen LogP contribution in [0.1, 0.15) is 37.1 Å². The molecule has 21 heavy (non-hydrogen) atoms. The van der Waals surface area contributed by atoms with Crippen LogP contribution in [0.3, 0.4) is 0 Å². The number of carbonyl (C=O) groups is 1. The third-order valence-electron chi connectivity index (χ3n) is 4.75. The van der Waals surface area contributed by atoms with Gasteiger partial charge in [0.05, 0.1) is 6.04 Å². The maximum Gasteiger partial charge on any atom is 0.241 e. The van der Waals surface area contributed by atoms with Crippen LogP contribution in [0.15, 0.2) is 24.3 Å². The largest absolute Gasteiger partial charge is 0.318 e. The first-order chi connectivity index (χ1) is 10.1. The molecule has 1 aromatic carbocycles. The highest BCUT2D eigenvalue weighted by molar-refractivity contribution is 5.84. The van der Waals surface area contributed by atoms with E-state index in [1.54, 1.807) is 0 Å². The van der Waals surface area contributed by atoms with E-state index in [-0.39, 0.29) is 18.1 Å². The molecule has 0 saturated carbocycles. The molecule has 0 aromatic heterocycles. The van der Waals surface area contributed by atoms with E-state index in [4.69, 9.17) is 0 Å². The Hall–Kier alpha value is -1.39. The van der Waals surface area contributed by atoms with Crippen molar-refractivity contribution in [3.63, 3.8) is 0 Å². The fourth-order valence-corrected chi connectivity index (χ4v) is 3.50. The van der Waals surface area contributed by atoms with Crippen molar-refractivity contribution in [2.45, 2.75) is 44.9 Å². The Bertz CT molecular complexity index is 523. The number of likely N-dealkylation sites (tertiary alicyclic amines) is 1. The molecular weight excluding hydrogens is 262 g/mol. The molecule has 0 spiro atoms. The van der Waals surface area contributed by atoms with Gasteiger partial charge in [-0.05, 0) is 52.4 Å². The molecule has 0 bridgehead atoms. The van der Waals surface area contributed by atoms with Gasteiger partial charge in [0.2, 0.25) is 5.91 Å². The summed E-state index contributed by atoms with van der Waals surface area (Å²) >= 11 is 0. The molecule has 1 N–H and O–H groups in total. The summed E-state index contributed by atoms with van der Waals surface area (Å²) in [5.74, 6) is 0.246. The van der Waals surface area contributed by atoms with Gasteiger partial charge in [0, 0.05) is 6.04 Å². The molecule has 114 valence electrons. The van der Waals surface area contributed by atoms with Crippen molar-refractivity contribution in [3.8, 4) is 0 Å². The number of benzene rings is 1. The lowest BCUT2D eigenvalue weighted by Crippen LogP contribution is -2.46. The van der Waals surface area contributed by atoms with Gasteiger partial charge < -0.3 is 9.80 Å². The number of amides is 1. The Morgan fingerprint density at radius 2 is 1.95 bits per heavy atom. The highest BCUT2D eigenvalue weighted by atomic mass is 16.2. The smallest absolute Gasteiger partial charge is 0.241 e. The van der Waals surface area contributed by atoms with Gasteiger partial charge in [-0.2, -0.15) is 0 Å². The molecule has 2 heterocycles. The monoisotopic (exact) mass is 287 g/mol. The Morgan fingerprint density at radius 1 is 1.24 bits per heavy atom. The standard InChI is InChI=1S/C17H25N3O/c1-12-5-4-6-14(11-12)16-18-13(2)17(21)20(16)15-7-9-19(3)10-8-15/h4-6,11,13,15-16,18H,7-10H2,1-3H3. The molecule has 1 amide bonds. The van der Waals surface area contributed by atoms with Crippen LogP contribution < -0.4 is 5.32 Å². The normalized spacial score (nSPS) is 28.3. The number of hydrogen-bond donors (Lipinski definition) is 1. The zero-order valence-electron chi connectivity index (χ0n) is 13.2. The number of nitrogens with zero attached hydrogens (tertiary/aromatic N) is 2. The SMILES string of the molecule is Cc1cccc(C2NC(C)C(=O)N2C2CCN(C)CC2)c1. The second-order valence-corrected chi connectivity index (χ2v) is 6.48. The van der Waals surface area contributed by atoms with Crippen molar-refractivity contribution in [2.24, 2.45) is 0 Å². The summed E-state index contributed by atoms with van der Waals surface area (Å²) in [6.45, 7) is 6.22. The number of piperidine rings is 1. The van der Waals surface area contributed by atoms with Crippen molar-refractivity contribution in [3.05, 3.63) is 35.4 Å². The highest BCUT2D eigenvalue weighted by Gasteiger charge is 2.41. The van der Waals surface area contributed by atoms with Crippen LogP contribution in [0.5, 0.6) is 0 Å². The van der Waals surface area contributed by atoms with E-state index in [9.17, 15) is 4.79 Å². The maximum absolute atomic E-state index is 12.6. The van der Waals surface area contributed by atoms with E-state index < -0.39 is 0 Å². The summed E-state index contributed by atoms with van der Waals surface area (Å²) in [6.07, 6.45) is 2.17. The van der Waals surface area contributed by atoms with Gasteiger partial charge in [0.25, 0.3) is 0 Å². The van der Waals surface area contributed by atoms with Gasteiger partial charge in [0.15, 0.2) is 0 Å². The van der Waals surface area contributed by atoms with Crippen LogP contribution >= 0.6 is 0 Å². The average Bonchev–Trinajstić information content (AvgIpc) is 2.76. The molecule has 1 aromatic rings. The Kier molecular flexibility index (Phi) is 4.00. The minimum Gasteiger partial charge on any atom is -0.318 e. The summed E-state index contributed by atoms with van der Waals surface area (Å²) < 4.78 is 0. The van der Waals surface area contributed by atoms with Crippen LogP contribution in [0, 0.1) is 6.92 Å². The molecule has 2 atom stereocenters. The van der Waals surface area contributed by atoms with E-state index in [0.29, 0.717) is 6.04 Å². The molecule has 2 fully saturated rings. The summed E-state index contributed by atoms with van der Waals surface area (Å²) in [5, 5.41) is 3.47. The molecule has 2 unspecified atom stereocenters. The number of hydrogen-bond acceptors (Lipinski definition) is 3. The molecule has 4 heteroatoms. The van der Waals surface area contributed by atoms with Crippen molar-refractivity contribution in [1.82, 2.24) is 15.1 Å². The summed E-state index contributed by atoms with van der Waals surface area (Å²) in [4.78, 5) is 17.1. The Labute approximate surface area is 127 Å². The quantitative estimate of drug-likeness (QED) is 0.902. The van der Waals surface area contributed by atoms with Gasteiger partial charge >= 0.3 is 0 Å². The topological polar surface area (TPSA) is 35.6 Å². The molecule has 4 nitrogen and oxygen atoms in total. The predicted molar refractivity (Wildman–Crippen MR) is 83.9 cm³/mol. The number of aryl methyl sites for hydroxylation is 1. The van der Waals surface area contributed by atoms with Crippen LogP contribution in [-0.2, 0) is 4.79 Å². The molecule has 0 radical (unpaired) electrons. The van der Waals surface area contributed by atoms with Gasteiger partial charge in [-0.1, -0.05) is 29.8 Å². The fourth-order valence-electron chi connectivity index (χ4n) is 3.50. The van der Waals surface area contributed by atoms with Crippen LogP contribution in [0.2, 0.25) is 0 Å². The average molecular weight is 287 g/mol. The zero-order valence-corrected chi connectivity index (χ0v) is 13.2. The predicted octanol–water partition coefficient (Wildman–Crippen LogP) is 1.91. The lowest BCUT2D eigenvalue weighted by atomic mass is 10.0. The lowest BCUT2D eigenvalue weighted by molar-refractivity contribution is -0.133. The minimum atomic E-state index is -0.0878. The molecule has 2 saturated heterocycles. The summed E-state index contributed by atoms with van der Waals surface area (Å²) in [7, 11) is 2.15. The first kappa shape index (κ1) is 14.5. The van der Waals surface area contributed by atoms with Crippen LogP contribution in [0.25, 0.3) is 0 Å². The summed E-state index contributed by atoms with van der Waals surface area (Å²) in [6, 6.07) is 8.76. The van der Waals surface area contributed by atoms with Crippen LogP contribution in [0.4, 0.5) is 0 Å². The van der Waals surface area contributed by atoms with Crippen molar-refractivity contribution in [1.29, 1.82) is 0 Å². The first-order valence-electron chi connectivity index (χ1n) is 7.89. The Morgan fingerprint density at radius 3 is 2.62 bits per heavy atom. The second-order valence-electron chi connectivity index (χ2n) is 6.48. The highest BCUT2D eigenvalue weighted by Crippen LogP contribution is 2.31. The summed E-state index contributed by atoms with van der Waals surface area (Å²) in [5.41, 5.74) is 2.44. The van der Waals surface area contributed by atoms with Crippen molar-refractivity contribution >= 4 is 5.91 Å². The van der Waals surface area contributed by atoms with Gasteiger partial charge in [-0.3, -0.25) is 10.1 Å². The van der Waals surface area contributed by atoms with Crippen LogP contribution in [-0.4, -0.2) is 47.9 Å². The first-order valence-corrected chi connectivity index (χ1v) is 7.89. The van der Waals surface area contributed by atoms with Crippen molar-refractivity contribution in [2.75, 3.05) is 20.1 Å². The molecule has 3 rings (SSSR count). The second kappa shape index (κ2) is 5.78. The van der Waals surface area contributed by atoms with E-state index in [0.717, 1.165) is 25.9 Å². The zero-order chi connectivity index (χ0) is 15.0.